The first kappa shape index (κ1) is 20.9. The van der Waals surface area contributed by atoms with Crippen molar-refractivity contribution in [2.45, 2.75) is 64.3 Å². The van der Waals surface area contributed by atoms with Gasteiger partial charge in [0.1, 0.15) is 11.9 Å². The lowest BCUT2D eigenvalue weighted by molar-refractivity contribution is 0.0741. The van der Waals surface area contributed by atoms with E-state index >= 15 is 0 Å². The number of halogens is 1. The second kappa shape index (κ2) is 9.56. The molecule has 0 radical (unpaired) electrons. The zero-order valence-corrected chi connectivity index (χ0v) is 18.0. The number of anilines is 1. The summed E-state index contributed by atoms with van der Waals surface area (Å²) in [6.45, 7) is 3.98. The number of benzene rings is 1. The first-order valence-electron chi connectivity index (χ1n) is 10.00. The summed E-state index contributed by atoms with van der Waals surface area (Å²) in [5, 5.41) is 21.4. The summed E-state index contributed by atoms with van der Waals surface area (Å²) in [6.07, 6.45) is 6.26. The highest BCUT2D eigenvalue weighted by atomic mass is 79.9. The summed E-state index contributed by atoms with van der Waals surface area (Å²) in [7, 11) is 0. The van der Waals surface area contributed by atoms with Gasteiger partial charge >= 0.3 is 0 Å². The van der Waals surface area contributed by atoms with Gasteiger partial charge in [0.15, 0.2) is 0 Å². The molecular formula is C21H29BrN4O2. The van der Waals surface area contributed by atoms with Crippen molar-refractivity contribution in [1.82, 2.24) is 15.1 Å². The maximum Gasteiger partial charge on any atom is 0.269 e. The van der Waals surface area contributed by atoms with Gasteiger partial charge in [-0.15, -0.1) is 0 Å². The number of nitrogens with zero attached hydrogens (tertiary/aromatic N) is 2. The van der Waals surface area contributed by atoms with Gasteiger partial charge in [-0.2, -0.15) is 5.10 Å². The molecule has 1 aromatic carbocycles. The standard InChI is InChI=1S/C21H29BrN4O2/c1-14(2)26-18(12-13-23-26)20(27)25-19(15-6-4-3-5-7-15)21(28)24-17-10-8-16(22)9-11-17/h8-15,19,21,24,28H,3-7H2,1-2H3,(H,25,27)/t19-,21-/m0/s1. The lowest BCUT2D eigenvalue weighted by Gasteiger charge is -2.34. The molecule has 0 bridgehead atoms. The first-order chi connectivity index (χ1) is 13.5. The predicted octanol–water partition coefficient (Wildman–Crippen LogP) is 4.34. The van der Waals surface area contributed by atoms with E-state index in [-0.39, 0.29) is 23.9 Å². The van der Waals surface area contributed by atoms with Gasteiger partial charge in [0.25, 0.3) is 5.91 Å². The van der Waals surface area contributed by atoms with Crippen LogP contribution in [0.5, 0.6) is 0 Å². The highest BCUT2D eigenvalue weighted by Gasteiger charge is 2.32. The number of hydrogen-bond donors (Lipinski definition) is 3. The maximum absolute atomic E-state index is 13.0. The van der Waals surface area contributed by atoms with Crippen molar-refractivity contribution < 1.29 is 9.90 Å². The minimum absolute atomic E-state index is 0.0923. The van der Waals surface area contributed by atoms with Gasteiger partial charge in [-0.05, 0) is 62.9 Å². The Labute approximate surface area is 174 Å². The van der Waals surface area contributed by atoms with Crippen molar-refractivity contribution in [3.8, 4) is 0 Å². The number of aliphatic hydroxyl groups is 1. The van der Waals surface area contributed by atoms with Gasteiger partial charge < -0.3 is 15.7 Å². The van der Waals surface area contributed by atoms with Crippen LogP contribution < -0.4 is 10.6 Å². The molecule has 1 fully saturated rings. The summed E-state index contributed by atoms with van der Waals surface area (Å²) in [5.74, 6) is 0.0458. The molecule has 1 amide bonds. The molecule has 152 valence electrons. The quantitative estimate of drug-likeness (QED) is 0.550. The Balaban J connectivity index is 1.77. The first-order valence-corrected chi connectivity index (χ1v) is 10.8. The van der Waals surface area contributed by atoms with Crippen LogP contribution in [0, 0.1) is 5.92 Å². The zero-order valence-electron chi connectivity index (χ0n) is 16.4. The van der Waals surface area contributed by atoms with Crippen LogP contribution in [0.4, 0.5) is 5.69 Å². The zero-order chi connectivity index (χ0) is 20.1. The largest absolute Gasteiger partial charge is 0.372 e. The molecule has 0 spiro atoms. The van der Waals surface area contributed by atoms with Gasteiger partial charge in [0.05, 0.1) is 6.04 Å². The van der Waals surface area contributed by atoms with Crippen LogP contribution in [-0.4, -0.2) is 33.1 Å². The minimum atomic E-state index is -0.872. The highest BCUT2D eigenvalue weighted by molar-refractivity contribution is 9.10. The van der Waals surface area contributed by atoms with Crippen LogP contribution >= 0.6 is 15.9 Å². The molecule has 1 aromatic heterocycles. The van der Waals surface area contributed by atoms with Crippen LogP contribution in [0.1, 0.15) is 62.5 Å². The molecule has 1 heterocycles. The van der Waals surface area contributed by atoms with E-state index in [1.54, 1.807) is 16.9 Å². The molecule has 0 saturated heterocycles. The van der Waals surface area contributed by atoms with Gasteiger partial charge in [-0.3, -0.25) is 9.48 Å². The fraction of sp³-hybridized carbons (Fsp3) is 0.524. The van der Waals surface area contributed by atoms with Crippen LogP contribution in [0.15, 0.2) is 41.0 Å². The molecule has 1 aliphatic carbocycles. The fourth-order valence-electron chi connectivity index (χ4n) is 3.89. The number of aliphatic hydroxyl groups excluding tert-OH is 1. The number of aromatic nitrogens is 2. The molecular weight excluding hydrogens is 420 g/mol. The molecule has 6 nitrogen and oxygen atoms in total. The van der Waals surface area contributed by atoms with Crippen molar-refractivity contribution in [2.24, 2.45) is 5.92 Å². The van der Waals surface area contributed by atoms with Gasteiger partial charge in [-0.25, -0.2) is 0 Å². The number of hydrogen-bond acceptors (Lipinski definition) is 4. The van der Waals surface area contributed by atoms with Gasteiger partial charge in [0, 0.05) is 22.4 Å². The number of carbonyl (C=O) groups excluding carboxylic acids is 1. The summed E-state index contributed by atoms with van der Waals surface area (Å²) < 4.78 is 2.69. The second-order valence-electron chi connectivity index (χ2n) is 7.75. The van der Waals surface area contributed by atoms with Crippen molar-refractivity contribution >= 4 is 27.5 Å². The van der Waals surface area contributed by atoms with Crippen molar-refractivity contribution in [1.29, 1.82) is 0 Å². The monoisotopic (exact) mass is 448 g/mol. The SMILES string of the molecule is CC(C)n1nccc1C(=O)N[C@@H](C1CCCCC1)[C@H](O)Nc1ccc(Br)cc1. The smallest absolute Gasteiger partial charge is 0.269 e. The normalized spacial score (nSPS) is 17.3. The van der Waals surface area contributed by atoms with E-state index in [1.165, 1.54) is 6.42 Å². The Hall–Kier alpha value is -1.86. The van der Waals surface area contributed by atoms with E-state index in [1.807, 2.05) is 38.1 Å². The average molecular weight is 449 g/mol. The third-order valence-electron chi connectivity index (χ3n) is 5.35. The lowest BCUT2D eigenvalue weighted by Crippen LogP contribution is -2.52. The Morgan fingerprint density at radius 1 is 1.18 bits per heavy atom. The molecule has 2 aromatic rings. The lowest BCUT2D eigenvalue weighted by atomic mass is 9.83. The van der Waals surface area contributed by atoms with E-state index in [2.05, 4.69) is 31.7 Å². The summed E-state index contributed by atoms with van der Waals surface area (Å²) in [6, 6.07) is 9.10. The molecule has 0 aliphatic heterocycles. The molecule has 1 aliphatic rings. The predicted molar refractivity (Wildman–Crippen MR) is 114 cm³/mol. The van der Waals surface area contributed by atoms with Crippen LogP contribution in [0.25, 0.3) is 0 Å². The highest BCUT2D eigenvalue weighted by Crippen LogP contribution is 2.29. The van der Waals surface area contributed by atoms with Gasteiger partial charge in [-0.1, -0.05) is 35.2 Å². The molecule has 2 atom stereocenters. The summed E-state index contributed by atoms with van der Waals surface area (Å²) >= 11 is 3.42. The molecule has 1 saturated carbocycles. The Kier molecular flexibility index (Phi) is 7.13. The fourth-order valence-corrected chi connectivity index (χ4v) is 4.15. The third-order valence-corrected chi connectivity index (χ3v) is 5.88. The van der Waals surface area contributed by atoms with Gasteiger partial charge in [0.2, 0.25) is 0 Å². The Morgan fingerprint density at radius 3 is 2.50 bits per heavy atom. The minimum Gasteiger partial charge on any atom is -0.372 e. The molecule has 3 rings (SSSR count). The second-order valence-corrected chi connectivity index (χ2v) is 8.66. The number of nitrogens with one attached hydrogen (secondary N) is 2. The number of rotatable bonds is 7. The van der Waals surface area contributed by atoms with E-state index in [4.69, 9.17) is 0 Å². The Morgan fingerprint density at radius 2 is 1.86 bits per heavy atom. The molecule has 28 heavy (non-hydrogen) atoms. The van der Waals surface area contributed by atoms with E-state index in [9.17, 15) is 9.90 Å². The van der Waals surface area contributed by atoms with Crippen molar-refractivity contribution in [2.75, 3.05) is 5.32 Å². The molecule has 3 N–H and O–H groups in total. The Bertz CT molecular complexity index is 769. The van der Waals surface area contributed by atoms with Crippen LogP contribution in [-0.2, 0) is 0 Å². The van der Waals surface area contributed by atoms with E-state index in [0.717, 1.165) is 35.8 Å². The van der Waals surface area contributed by atoms with Crippen molar-refractivity contribution in [3.63, 3.8) is 0 Å². The molecule has 7 heteroatoms. The van der Waals surface area contributed by atoms with Crippen LogP contribution in [0.3, 0.4) is 0 Å². The molecule has 0 unspecified atom stereocenters. The number of amides is 1. The number of carbonyl (C=O) groups is 1. The average Bonchev–Trinajstić information content (AvgIpc) is 3.19. The van der Waals surface area contributed by atoms with Crippen molar-refractivity contribution in [3.05, 3.63) is 46.7 Å². The summed E-state index contributed by atoms with van der Waals surface area (Å²) in [4.78, 5) is 13.0. The van der Waals surface area contributed by atoms with E-state index in [0.29, 0.717) is 5.69 Å². The summed E-state index contributed by atoms with van der Waals surface area (Å²) in [5.41, 5.74) is 1.34. The van der Waals surface area contributed by atoms with E-state index < -0.39 is 6.23 Å². The maximum atomic E-state index is 13.0. The van der Waals surface area contributed by atoms with Crippen LogP contribution in [0.2, 0.25) is 0 Å². The third kappa shape index (κ3) is 5.14. The topological polar surface area (TPSA) is 79.2 Å².